The summed E-state index contributed by atoms with van der Waals surface area (Å²) in [5.41, 5.74) is 24.4. The topological polar surface area (TPSA) is 24.1 Å². The van der Waals surface area contributed by atoms with E-state index >= 15 is 0 Å². The van der Waals surface area contributed by atoms with Crippen LogP contribution >= 0.6 is 0 Å². The van der Waals surface area contributed by atoms with Gasteiger partial charge in [-0.15, -0.1) is 0 Å². The van der Waals surface area contributed by atoms with Crippen LogP contribution in [0.4, 0.5) is 22.7 Å². The van der Waals surface area contributed by atoms with E-state index in [1.165, 1.54) is 132 Å². The average Bonchev–Trinajstić information content (AvgIpc) is 0.708. The van der Waals surface area contributed by atoms with Crippen molar-refractivity contribution in [3.63, 3.8) is 0 Å². The highest BCUT2D eigenvalue weighted by atomic mass is 14.9. The molecule has 2 aliphatic rings. The first-order valence-corrected chi connectivity index (χ1v) is 34.8. The molecule has 0 unspecified atom stereocenters. The lowest BCUT2D eigenvalue weighted by molar-refractivity contribution is 0.741. The highest BCUT2D eigenvalue weighted by Gasteiger charge is 2.46. The molecule has 18 aromatic rings. The summed E-state index contributed by atoms with van der Waals surface area (Å²) in [6.07, 6.45) is 0. The van der Waals surface area contributed by atoms with Crippen LogP contribution in [0.5, 0.6) is 0 Å². The molecule has 2 heterocycles. The van der Waals surface area contributed by atoms with Gasteiger partial charge in [0.1, 0.15) is 0 Å². The first kappa shape index (κ1) is 57.4. The van der Waals surface area contributed by atoms with Crippen molar-refractivity contribution in [2.45, 2.75) is 10.8 Å². The minimum atomic E-state index is -0.661. The Morgan fingerprint density at radius 2 is 0.470 bits per heavy atom. The summed E-state index contributed by atoms with van der Waals surface area (Å²) in [5, 5.41) is 22.6. The zero-order chi connectivity index (χ0) is 65.9. The number of rotatable bonds is 9. The number of fused-ring (bicyclic) bond motifs is 10. The van der Waals surface area contributed by atoms with Crippen LogP contribution in [0, 0.1) is 0 Å². The van der Waals surface area contributed by atoms with E-state index in [-0.39, 0.29) is 0 Å². The molecular weight excluding hydrogens is 1210 g/mol. The molecule has 100 heavy (non-hydrogen) atoms. The number of hydrogen-bond acceptors (Lipinski definition) is 2. The third kappa shape index (κ3) is 8.57. The Morgan fingerprint density at radius 1 is 0.180 bits per heavy atom. The van der Waals surface area contributed by atoms with E-state index in [0.29, 0.717) is 0 Å². The standard InChI is InChI=1S/C98H64N2/c1-5-31-69(32-6-1)97(70-33-7-2-8-34-70)87-49-17-19-53-91(87)99-95-81(47-25-51-89(95)97)75-41-23-45-79-85(75)62-86-76(82-48-26-52-90-96(82)100-92-54-20-18-50-88(92)98(90,71-35-9-3-10-36-71)72-37-11-4-12-38-72)42-24-46-80(86)94(79)93-77-43-21-39-73(67-57-55-63-27-13-15-29-65(63)59-67)83(77)61-84-74(40-22-44-78(84)93)68-58-56-64-28-14-16-30-66(64)60-68/h1-62,99-100H. The van der Waals surface area contributed by atoms with Gasteiger partial charge in [0.2, 0.25) is 0 Å². The third-order valence-corrected chi connectivity index (χ3v) is 22.0. The molecule has 0 saturated carbocycles. The summed E-state index contributed by atoms with van der Waals surface area (Å²) < 4.78 is 0. The van der Waals surface area contributed by atoms with E-state index in [4.69, 9.17) is 0 Å². The Morgan fingerprint density at radius 3 is 0.850 bits per heavy atom. The second kappa shape index (κ2) is 22.9. The molecule has 2 nitrogen and oxygen atoms in total. The van der Waals surface area contributed by atoms with Crippen LogP contribution in [-0.2, 0) is 10.8 Å². The Labute approximate surface area is 581 Å². The van der Waals surface area contributed by atoms with Crippen LogP contribution in [0.3, 0.4) is 0 Å². The Kier molecular flexibility index (Phi) is 13.1. The van der Waals surface area contributed by atoms with Gasteiger partial charge in [-0.1, -0.05) is 340 Å². The molecule has 0 bridgehead atoms. The fourth-order valence-corrected chi connectivity index (χ4v) is 17.7. The molecule has 2 aliphatic heterocycles. The molecule has 0 amide bonds. The van der Waals surface area contributed by atoms with Crippen molar-refractivity contribution < 1.29 is 0 Å². The summed E-state index contributed by atoms with van der Waals surface area (Å²) in [5.74, 6) is 0. The lowest BCUT2D eigenvalue weighted by Crippen LogP contribution is -2.35. The predicted octanol–water partition coefficient (Wildman–Crippen LogP) is 25.8. The maximum atomic E-state index is 4.17. The largest absolute Gasteiger partial charge is 0.354 e. The number of hydrogen-bond donors (Lipinski definition) is 2. The SMILES string of the molecule is c1ccc(C2(c3ccccc3)c3ccccc3Nc3c(-c4cccc5c(-c6c7cccc(-c8ccc9ccccc9c8)c7cc7c(-c8ccc9ccccc9c8)cccc67)c6cccc(-c7cccc8c7Nc7ccccc7C8(c7ccccc7)c7ccccc7)c6cc45)cccc32)cc1. The van der Waals surface area contributed by atoms with E-state index in [2.05, 4.69) is 387 Å². The number of para-hydroxylation sites is 4. The van der Waals surface area contributed by atoms with Crippen molar-refractivity contribution in [1.82, 2.24) is 0 Å². The van der Waals surface area contributed by atoms with Crippen LogP contribution in [-0.4, -0.2) is 0 Å². The zero-order valence-corrected chi connectivity index (χ0v) is 54.8. The maximum absolute atomic E-state index is 4.17. The van der Waals surface area contributed by atoms with Crippen molar-refractivity contribution in [2.24, 2.45) is 0 Å². The predicted molar refractivity (Wildman–Crippen MR) is 422 cm³/mol. The first-order chi connectivity index (χ1) is 49.6. The van der Waals surface area contributed by atoms with Crippen molar-refractivity contribution in [3.05, 3.63) is 421 Å². The van der Waals surface area contributed by atoms with Gasteiger partial charge in [0.15, 0.2) is 0 Å². The van der Waals surface area contributed by atoms with Gasteiger partial charge < -0.3 is 10.6 Å². The van der Waals surface area contributed by atoms with Crippen molar-refractivity contribution in [1.29, 1.82) is 0 Å². The van der Waals surface area contributed by atoms with E-state index in [1.54, 1.807) is 0 Å². The quantitative estimate of drug-likeness (QED) is 0.141. The molecule has 20 rings (SSSR count). The van der Waals surface area contributed by atoms with E-state index in [1.807, 2.05) is 0 Å². The molecule has 466 valence electrons. The summed E-state index contributed by atoms with van der Waals surface area (Å²) in [6, 6.07) is 141. The molecule has 2 N–H and O–H groups in total. The van der Waals surface area contributed by atoms with Crippen LogP contribution in [0.1, 0.15) is 44.5 Å². The fraction of sp³-hybridized carbons (Fsp3) is 0.0204. The molecular formula is C98H64N2. The molecule has 0 aliphatic carbocycles. The second-order valence-electron chi connectivity index (χ2n) is 27.0. The molecule has 0 aromatic heterocycles. The first-order valence-electron chi connectivity index (χ1n) is 34.8. The molecule has 0 fully saturated rings. The lowest BCUT2D eigenvalue weighted by Gasteiger charge is -2.43. The average molecular weight is 1270 g/mol. The minimum Gasteiger partial charge on any atom is -0.354 e. The normalized spacial score (nSPS) is 13.3. The van der Waals surface area contributed by atoms with E-state index < -0.39 is 10.8 Å². The summed E-state index contributed by atoms with van der Waals surface area (Å²) >= 11 is 0. The van der Waals surface area contributed by atoms with Gasteiger partial charge in [0.25, 0.3) is 0 Å². The molecule has 18 aromatic carbocycles. The molecule has 0 saturated heterocycles. The van der Waals surface area contributed by atoms with Crippen molar-refractivity contribution in [3.8, 4) is 55.6 Å². The van der Waals surface area contributed by atoms with Crippen LogP contribution in [0.25, 0.3) is 120 Å². The molecule has 0 spiro atoms. The minimum absolute atomic E-state index is 0.661. The van der Waals surface area contributed by atoms with Crippen LogP contribution in [0.15, 0.2) is 376 Å². The van der Waals surface area contributed by atoms with Crippen molar-refractivity contribution in [2.75, 3.05) is 10.6 Å². The fourth-order valence-electron chi connectivity index (χ4n) is 17.7. The molecule has 0 atom stereocenters. The number of nitrogens with one attached hydrogen (secondary N) is 2. The second-order valence-corrected chi connectivity index (χ2v) is 27.0. The number of anilines is 4. The molecule has 0 radical (unpaired) electrons. The Bertz CT molecular complexity index is 5870. The zero-order valence-electron chi connectivity index (χ0n) is 54.8. The van der Waals surface area contributed by atoms with Gasteiger partial charge in [-0.2, -0.15) is 0 Å². The monoisotopic (exact) mass is 1270 g/mol. The smallest absolute Gasteiger partial charge is 0.0742 e. The highest BCUT2D eigenvalue weighted by molar-refractivity contribution is 6.29. The molecule has 2 heteroatoms. The summed E-state index contributed by atoms with van der Waals surface area (Å²) in [7, 11) is 0. The van der Waals surface area contributed by atoms with Gasteiger partial charge in [0, 0.05) is 22.5 Å². The summed E-state index contributed by atoms with van der Waals surface area (Å²) in [4.78, 5) is 0. The number of benzene rings is 18. The van der Waals surface area contributed by atoms with E-state index in [9.17, 15) is 0 Å². The van der Waals surface area contributed by atoms with Gasteiger partial charge >= 0.3 is 0 Å². The summed E-state index contributed by atoms with van der Waals surface area (Å²) in [6.45, 7) is 0. The van der Waals surface area contributed by atoms with Gasteiger partial charge in [-0.3, -0.25) is 0 Å². The highest BCUT2D eigenvalue weighted by Crippen LogP contribution is 2.60. The van der Waals surface area contributed by atoms with Gasteiger partial charge in [0.05, 0.1) is 22.2 Å². The van der Waals surface area contributed by atoms with Gasteiger partial charge in [-0.05, 0) is 190 Å². The maximum Gasteiger partial charge on any atom is 0.0742 e. The van der Waals surface area contributed by atoms with Gasteiger partial charge in [-0.25, -0.2) is 0 Å². The van der Waals surface area contributed by atoms with Crippen LogP contribution in [0.2, 0.25) is 0 Å². The van der Waals surface area contributed by atoms with E-state index in [0.717, 1.165) is 55.8 Å². The Balaban J connectivity index is 0.933. The lowest BCUT2D eigenvalue weighted by atomic mass is 9.62. The van der Waals surface area contributed by atoms with Crippen LogP contribution < -0.4 is 10.6 Å². The Hall–Kier alpha value is -12.9. The third-order valence-electron chi connectivity index (χ3n) is 22.0. The van der Waals surface area contributed by atoms with Crippen molar-refractivity contribution >= 4 is 87.4 Å².